The molecule has 0 aromatic heterocycles. The van der Waals surface area contributed by atoms with Gasteiger partial charge >= 0.3 is 5.97 Å². The lowest BCUT2D eigenvalue weighted by molar-refractivity contribution is -0.175. The monoisotopic (exact) mass is 505 g/mol. The van der Waals surface area contributed by atoms with Gasteiger partial charge in [0, 0.05) is 12.3 Å². The van der Waals surface area contributed by atoms with Crippen LogP contribution in [0.2, 0.25) is 0 Å². The van der Waals surface area contributed by atoms with E-state index in [4.69, 9.17) is 10.5 Å². The van der Waals surface area contributed by atoms with Crippen LogP contribution in [-0.4, -0.2) is 57.9 Å². The standard InChI is InChI=1S/C27H23NO9/c1-37-26(35)12-4-2-11(3-5-12)15-6-7-17(29)20-16(15)9-13-8-14-10-18(30)21(25(28)34)24(33)27(14,36)23(32)19(13)22(20)31/h2-7,13-14,19,21,29,36H,8-10H2,1H3,(H2,28,34)/t13-,14+,19?,21?,27+/m1/s1. The number of ketones is 4. The van der Waals surface area contributed by atoms with Gasteiger partial charge < -0.3 is 20.7 Å². The lowest BCUT2D eigenvalue weighted by atomic mass is 9.53. The van der Waals surface area contributed by atoms with Crippen LogP contribution >= 0.6 is 0 Å². The summed E-state index contributed by atoms with van der Waals surface area (Å²) >= 11 is 0. The van der Waals surface area contributed by atoms with E-state index < -0.39 is 70.7 Å². The van der Waals surface area contributed by atoms with E-state index in [1.54, 1.807) is 30.3 Å². The van der Waals surface area contributed by atoms with Crippen molar-refractivity contribution in [1.82, 2.24) is 0 Å². The zero-order chi connectivity index (χ0) is 26.8. The summed E-state index contributed by atoms with van der Waals surface area (Å²) in [7, 11) is 1.27. The van der Waals surface area contributed by atoms with Gasteiger partial charge in [0.15, 0.2) is 34.7 Å². The molecule has 2 fully saturated rings. The maximum absolute atomic E-state index is 13.6. The van der Waals surface area contributed by atoms with Crippen molar-refractivity contribution in [1.29, 1.82) is 0 Å². The quantitative estimate of drug-likeness (QED) is 0.401. The van der Waals surface area contributed by atoms with Crippen LogP contribution in [0.1, 0.15) is 39.1 Å². The van der Waals surface area contributed by atoms with Crippen LogP contribution in [0.5, 0.6) is 5.75 Å². The molecule has 0 saturated heterocycles. The predicted octanol–water partition coefficient (Wildman–Crippen LogP) is 0.780. The van der Waals surface area contributed by atoms with Gasteiger partial charge in [0.25, 0.3) is 0 Å². The highest BCUT2D eigenvalue weighted by atomic mass is 16.5. The first-order chi connectivity index (χ1) is 17.5. The number of hydrogen-bond donors (Lipinski definition) is 3. The zero-order valence-electron chi connectivity index (χ0n) is 19.7. The van der Waals surface area contributed by atoms with Crippen LogP contribution in [-0.2, 0) is 30.3 Å². The average molecular weight is 505 g/mol. The number of rotatable bonds is 3. The van der Waals surface area contributed by atoms with Crippen LogP contribution in [0.15, 0.2) is 36.4 Å². The molecule has 0 heterocycles. The summed E-state index contributed by atoms with van der Waals surface area (Å²) in [4.78, 5) is 76.2. The summed E-state index contributed by atoms with van der Waals surface area (Å²) in [5.41, 5.74) is 4.50. The highest BCUT2D eigenvalue weighted by molar-refractivity contribution is 6.31. The molecule has 2 saturated carbocycles. The van der Waals surface area contributed by atoms with Crippen molar-refractivity contribution in [3.05, 3.63) is 53.1 Å². The normalized spacial score (nSPS) is 28.7. The number of ether oxygens (including phenoxy) is 1. The minimum Gasteiger partial charge on any atom is -0.507 e. The van der Waals surface area contributed by atoms with E-state index in [1.807, 2.05) is 0 Å². The first kappa shape index (κ1) is 24.5. The number of aromatic hydroxyl groups is 1. The minimum atomic E-state index is -2.68. The lowest BCUT2D eigenvalue weighted by Crippen LogP contribution is -2.68. The van der Waals surface area contributed by atoms with Crippen LogP contribution in [0.25, 0.3) is 11.1 Å². The lowest BCUT2D eigenvalue weighted by Gasteiger charge is -2.48. The minimum absolute atomic E-state index is 0.0113. The van der Waals surface area contributed by atoms with Crippen molar-refractivity contribution in [2.75, 3.05) is 7.11 Å². The molecule has 2 aromatic carbocycles. The van der Waals surface area contributed by atoms with Gasteiger partial charge in [0.1, 0.15) is 5.75 Å². The second kappa shape index (κ2) is 8.45. The first-order valence-electron chi connectivity index (χ1n) is 11.7. The van der Waals surface area contributed by atoms with Crippen molar-refractivity contribution in [2.45, 2.75) is 24.9 Å². The Bertz CT molecular complexity index is 1410. The number of Topliss-reactive ketones (excluding diaryl/α,β-unsaturated/α-hetero) is 4. The largest absolute Gasteiger partial charge is 0.507 e. The number of amides is 1. The molecular formula is C27H23NO9. The van der Waals surface area contributed by atoms with Crippen LogP contribution in [0.3, 0.4) is 0 Å². The Morgan fingerprint density at radius 2 is 1.68 bits per heavy atom. The first-order valence-corrected chi connectivity index (χ1v) is 11.7. The Morgan fingerprint density at radius 3 is 2.30 bits per heavy atom. The third-order valence-electron chi connectivity index (χ3n) is 7.90. The molecule has 5 atom stereocenters. The molecule has 4 N–H and O–H groups in total. The Morgan fingerprint density at radius 1 is 1.00 bits per heavy atom. The molecule has 3 aliphatic carbocycles. The van der Waals surface area contributed by atoms with E-state index in [2.05, 4.69) is 0 Å². The van der Waals surface area contributed by atoms with Gasteiger partial charge in [-0.1, -0.05) is 18.2 Å². The number of carbonyl (C=O) groups is 6. The number of nitrogens with two attached hydrogens (primary N) is 1. The molecule has 0 aliphatic heterocycles. The van der Waals surface area contributed by atoms with Crippen molar-refractivity contribution < 1.29 is 43.7 Å². The second-order valence-corrected chi connectivity index (χ2v) is 9.79. The summed E-state index contributed by atoms with van der Waals surface area (Å²) < 4.78 is 4.72. The van der Waals surface area contributed by atoms with E-state index in [-0.39, 0.29) is 24.2 Å². The molecule has 10 nitrogen and oxygen atoms in total. The number of methoxy groups -OCH3 is 1. The molecule has 1 amide bonds. The van der Waals surface area contributed by atoms with Gasteiger partial charge in [0.05, 0.1) is 24.2 Å². The number of primary amides is 1. The molecule has 190 valence electrons. The Balaban J connectivity index is 1.58. The van der Waals surface area contributed by atoms with Gasteiger partial charge in [-0.25, -0.2) is 4.79 Å². The van der Waals surface area contributed by atoms with E-state index in [0.29, 0.717) is 22.3 Å². The topological polar surface area (TPSA) is 178 Å². The van der Waals surface area contributed by atoms with Gasteiger partial charge in [0.2, 0.25) is 5.91 Å². The molecule has 5 rings (SSSR count). The number of carbonyl (C=O) groups excluding carboxylic acids is 6. The van der Waals surface area contributed by atoms with Gasteiger partial charge in [-0.3, -0.25) is 24.0 Å². The number of phenolic OH excluding ortho intramolecular Hbond substituents is 1. The highest BCUT2D eigenvalue weighted by Crippen LogP contribution is 2.51. The zero-order valence-corrected chi connectivity index (χ0v) is 19.7. The third-order valence-corrected chi connectivity index (χ3v) is 7.90. The Labute approximate surface area is 210 Å². The highest BCUT2D eigenvalue weighted by Gasteiger charge is 2.66. The molecule has 0 radical (unpaired) electrons. The van der Waals surface area contributed by atoms with Gasteiger partial charge in [-0.2, -0.15) is 0 Å². The van der Waals surface area contributed by atoms with E-state index in [0.717, 1.165) is 0 Å². The van der Waals surface area contributed by atoms with Crippen molar-refractivity contribution in [3.63, 3.8) is 0 Å². The maximum atomic E-state index is 13.6. The molecule has 37 heavy (non-hydrogen) atoms. The van der Waals surface area contributed by atoms with Crippen molar-refractivity contribution in [2.24, 2.45) is 29.4 Å². The maximum Gasteiger partial charge on any atom is 0.337 e. The Kier molecular flexibility index (Phi) is 5.60. The number of phenols is 1. The molecule has 2 unspecified atom stereocenters. The summed E-state index contributed by atoms with van der Waals surface area (Å²) in [5, 5.41) is 21.8. The molecule has 3 aliphatic rings. The summed E-state index contributed by atoms with van der Waals surface area (Å²) in [6.45, 7) is 0. The van der Waals surface area contributed by atoms with E-state index in [9.17, 15) is 39.0 Å². The molecule has 0 spiro atoms. The third kappa shape index (κ3) is 3.43. The number of hydrogen-bond acceptors (Lipinski definition) is 9. The molecule has 10 heteroatoms. The summed E-state index contributed by atoms with van der Waals surface area (Å²) in [5.74, 6) is -11.1. The number of benzene rings is 2. The van der Waals surface area contributed by atoms with Crippen LogP contribution in [0.4, 0.5) is 0 Å². The van der Waals surface area contributed by atoms with Crippen molar-refractivity contribution in [3.8, 4) is 16.9 Å². The van der Waals surface area contributed by atoms with Gasteiger partial charge in [-0.15, -0.1) is 0 Å². The number of esters is 1. The van der Waals surface area contributed by atoms with Crippen molar-refractivity contribution >= 4 is 35.0 Å². The number of aliphatic hydroxyl groups is 1. The van der Waals surface area contributed by atoms with E-state index in [1.165, 1.54) is 13.2 Å². The summed E-state index contributed by atoms with van der Waals surface area (Å²) in [6.07, 6.45) is -0.223. The molecule has 0 bridgehead atoms. The van der Waals surface area contributed by atoms with Crippen LogP contribution < -0.4 is 5.73 Å². The average Bonchev–Trinajstić information content (AvgIpc) is 2.86. The van der Waals surface area contributed by atoms with Crippen LogP contribution in [0, 0.1) is 23.7 Å². The number of fused-ring (bicyclic) bond motifs is 3. The van der Waals surface area contributed by atoms with E-state index >= 15 is 0 Å². The molecule has 2 aromatic rings. The Hall–Kier alpha value is -4.18. The SMILES string of the molecule is COC(=O)c1ccc(-c2ccc(O)c3c2C[C@H]2C[C@H]4CC(=O)C(C(N)=O)C(=O)[C@@]4(O)C(=O)C2C3=O)cc1. The second-order valence-electron chi connectivity index (χ2n) is 9.79. The smallest absolute Gasteiger partial charge is 0.337 e. The fourth-order valence-electron chi connectivity index (χ4n) is 6.14. The fraction of sp³-hybridized carbons (Fsp3) is 0.333. The summed E-state index contributed by atoms with van der Waals surface area (Å²) in [6, 6.07) is 9.41. The predicted molar refractivity (Wildman–Crippen MR) is 125 cm³/mol. The fourth-order valence-corrected chi connectivity index (χ4v) is 6.14. The van der Waals surface area contributed by atoms with Gasteiger partial charge in [-0.05, 0) is 53.6 Å². The molecular weight excluding hydrogens is 482 g/mol.